The van der Waals surface area contributed by atoms with E-state index in [1.165, 1.54) is 0 Å². The van der Waals surface area contributed by atoms with Crippen LogP contribution in [0.5, 0.6) is 0 Å². The molecule has 0 heterocycles. The molecule has 4 heteroatoms. The van der Waals surface area contributed by atoms with Crippen LogP contribution in [0.1, 0.15) is 27.7 Å². The van der Waals surface area contributed by atoms with Crippen LogP contribution in [0.15, 0.2) is 12.7 Å². The average Bonchev–Trinajstić information content (AvgIpc) is 2.17. The van der Waals surface area contributed by atoms with E-state index in [0.717, 1.165) is 6.08 Å². The summed E-state index contributed by atoms with van der Waals surface area (Å²) in [7, 11) is 0. The van der Waals surface area contributed by atoms with Crippen LogP contribution in [0.25, 0.3) is 0 Å². The maximum atomic E-state index is 9.49. The number of hydrogen-bond acceptors (Lipinski definition) is 3. The molecule has 15 heavy (non-hydrogen) atoms. The Bertz CT molecular complexity index is 197. The van der Waals surface area contributed by atoms with E-state index in [1.807, 2.05) is 27.7 Å². The van der Waals surface area contributed by atoms with Crippen molar-refractivity contribution in [3.05, 3.63) is 12.7 Å². The van der Waals surface area contributed by atoms with Gasteiger partial charge < -0.3 is 15.3 Å². The number of aliphatic hydroxyl groups is 2. The summed E-state index contributed by atoms with van der Waals surface area (Å²) >= 11 is 0. The second kappa shape index (κ2) is 7.43. The van der Waals surface area contributed by atoms with Crippen molar-refractivity contribution in [1.82, 2.24) is 0 Å². The average molecular weight is 218 g/mol. The molecule has 0 rings (SSSR count). The van der Waals surface area contributed by atoms with Gasteiger partial charge in [-0.2, -0.15) is 0 Å². The molecule has 0 aliphatic carbocycles. The summed E-state index contributed by atoms with van der Waals surface area (Å²) in [5, 5.41) is 26.0. The number of carboxylic acid groups (broad SMARTS) is 1. The van der Waals surface area contributed by atoms with Crippen LogP contribution in [0, 0.1) is 11.3 Å². The van der Waals surface area contributed by atoms with Crippen LogP contribution in [-0.4, -0.2) is 34.0 Å². The molecule has 0 bridgehead atoms. The Kier molecular flexibility index (Phi) is 8.20. The van der Waals surface area contributed by atoms with Crippen molar-refractivity contribution in [2.45, 2.75) is 33.8 Å². The van der Waals surface area contributed by atoms with Gasteiger partial charge in [-0.3, -0.25) is 0 Å². The lowest BCUT2D eigenvalue weighted by Gasteiger charge is -2.30. The second-order valence-electron chi connectivity index (χ2n) is 4.38. The highest BCUT2D eigenvalue weighted by Crippen LogP contribution is 2.24. The minimum Gasteiger partial charge on any atom is -0.478 e. The van der Waals surface area contributed by atoms with Gasteiger partial charge in [-0.05, 0) is 5.92 Å². The zero-order chi connectivity index (χ0) is 12.6. The first-order valence-corrected chi connectivity index (χ1v) is 4.83. The van der Waals surface area contributed by atoms with Crippen LogP contribution in [0.3, 0.4) is 0 Å². The van der Waals surface area contributed by atoms with Gasteiger partial charge in [0.25, 0.3) is 0 Å². The van der Waals surface area contributed by atoms with Crippen LogP contribution in [-0.2, 0) is 4.79 Å². The first kappa shape index (κ1) is 16.6. The maximum absolute atomic E-state index is 9.49. The van der Waals surface area contributed by atoms with Gasteiger partial charge in [-0.15, -0.1) is 0 Å². The van der Waals surface area contributed by atoms with Crippen LogP contribution >= 0.6 is 0 Å². The molecular formula is C11H22O4. The highest BCUT2D eigenvalue weighted by molar-refractivity contribution is 5.78. The fourth-order valence-electron chi connectivity index (χ4n) is 0.996. The summed E-state index contributed by atoms with van der Waals surface area (Å²) in [6.07, 6.45) is 0.414. The van der Waals surface area contributed by atoms with Gasteiger partial charge in [0, 0.05) is 11.5 Å². The number of aliphatic hydroxyl groups excluding tert-OH is 2. The van der Waals surface area contributed by atoms with E-state index in [9.17, 15) is 9.90 Å². The Morgan fingerprint density at radius 2 is 1.80 bits per heavy atom. The standard InChI is InChI=1S/C8H18O2.C3H4O2/c1-6(2)7(10)8(3,4)5-9;1-2-3(4)5/h6-7,9-10H,5H2,1-4H3;2H,1H2,(H,4,5). The van der Waals surface area contributed by atoms with E-state index in [2.05, 4.69) is 6.58 Å². The van der Waals surface area contributed by atoms with E-state index in [0.29, 0.717) is 0 Å². The van der Waals surface area contributed by atoms with Crippen molar-refractivity contribution in [2.75, 3.05) is 6.61 Å². The molecule has 1 atom stereocenters. The summed E-state index contributed by atoms with van der Waals surface area (Å²) < 4.78 is 0. The van der Waals surface area contributed by atoms with Crippen LogP contribution < -0.4 is 0 Å². The largest absolute Gasteiger partial charge is 0.478 e. The molecule has 0 aliphatic rings. The lowest BCUT2D eigenvalue weighted by molar-refractivity contribution is -0.131. The zero-order valence-corrected chi connectivity index (χ0v) is 9.90. The minimum absolute atomic E-state index is 0.0341. The molecule has 0 aromatic heterocycles. The molecule has 3 N–H and O–H groups in total. The number of rotatable bonds is 4. The molecule has 0 radical (unpaired) electrons. The molecule has 0 saturated heterocycles. The van der Waals surface area contributed by atoms with E-state index >= 15 is 0 Å². The van der Waals surface area contributed by atoms with Crippen molar-refractivity contribution in [3.8, 4) is 0 Å². The lowest BCUT2D eigenvalue weighted by atomic mass is 9.82. The van der Waals surface area contributed by atoms with Crippen molar-refractivity contribution >= 4 is 5.97 Å². The third-order valence-electron chi connectivity index (χ3n) is 2.01. The lowest BCUT2D eigenvalue weighted by Crippen LogP contribution is -2.36. The van der Waals surface area contributed by atoms with Gasteiger partial charge in [0.05, 0.1) is 12.7 Å². The third-order valence-corrected chi connectivity index (χ3v) is 2.01. The van der Waals surface area contributed by atoms with Gasteiger partial charge in [0.1, 0.15) is 0 Å². The molecular weight excluding hydrogens is 196 g/mol. The smallest absolute Gasteiger partial charge is 0.327 e. The monoisotopic (exact) mass is 218 g/mol. The molecule has 90 valence electrons. The SMILES string of the molecule is C=CC(=O)O.CC(C)C(O)C(C)(C)CO. The van der Waals surface area contributed by atoms with Gasteiger partial charge in [-0.25, -0.2) is 4.79 Å². The van der Waals surface area contributed by atoms with E-state index in [-0.39, 0.29) is 17.9 Å². The summed E-state index contributed by atoms with van der Waals surface area (Å²) in [4.78, 5) is 9.25. The van der Waals surface area contributed by atoms with Crippen LogP contribution in [0.2, 0.25) is 0 Å². The fourth-order valence-corrected chi connectivity index (χ4v) is 0.996. The van der Waals surface area contributed by atoms with Gasteiger partial charge in [0.15, 0.2) is 0 Å². The Morgan fingerprint density at radius 3 is 1.87 bits per heavy atom. The topological polar surface area (TPSA) is 77.8 Å². The quantitative estimate of drug-likeness (QED) is 0.621. The third kappa shape index (κ3) is 8.15. The first-order valence-electron chi connectivity index (χ1n) is 4.83. The van der Waals surface area contributed by atoms with Crippen molar-refractivity contribution < 1.29 is 20.1 Å². The molecule has 0 spiro atoms. The first-order chi connectivity index (χ1) is 6.68. The van der Waals surface area contributed by atoms with Crippen molar-refractivity contribution in [1.29, 1.82) is 0 Å². The number of carbonyl (C=O) groups is 1. The number of carboxylic acids is 1. The number of hydrogen-bond donors (Lipinski definition) is 3. The Labute approximate surface area is 91.2 Å². The van der Waals surface area contributed by atoms with E-state index < -0.39 is 12.1 Å². The van der Waals surface area contributed by atoms with Gasteiger partial charge in [-0.1, -0.05) is 34.3 Å². The Morgan fingerprint density at radius 1 is 1.47 bits per heavy atom. The van der Waals surface area contributed by atoms with Crippen LogP contribution in [0.4, 0.5) is 0 Å². The molecule has 1 unspecified atom stereocenters. The Balaban J connectivity index is 0. The number of aliphatic carboxylic acids is 1. The molecule has 0 aromatic rings. The Hall–Kier alpha value is -0.870. The predicted octanol–water partition coefficient (Wildman–Crippen LogP) is 1.28. The predicted molar refractivity (Wildman–Crippen MR) is 59.5 cm³/mol. The van der Waals surface area contributed by atoms with Crippen molar-refractivity contribution in [3.63, 3.8) is 0 Å². The maximum Gasteiger partial charge on any atom is 0.327 e. The molecule has 0 amide bonds. The highest BCUT2D eigenvalue weighted by atomic mass is 16.4. The second-order valence-corrected chi connectivity index (χ2v) is 4.38. The molecule has 0 aromatic carbocycles. The highest BCUT2D eigenvalue weighted by Gasteiger charge is 2.28. The zero-order valence-electron chi connectivity index (χ0n) is 9.90. The summed E-state index contributed by atoms with van der Waals surface area (Å²) in [5.41, 5.74) is -0.367. The summed E-state index contributed by atoms with van der Waals surface area (Å²) in [6.45, 7) is 10.6. The van der Waals surface area contributed by atoms with E-state index in [4.69, 9.17) is 10.2 Å². The summed E-state index contributed by atoms with van der Waals surface area (Å²) in [6, 6.07) is 0. The van der Waals surface area contributed by atoms with Gasteiger partial charge in [0.2, 0.25) is 0 Å². The minimum atomic E-state index is -0.981. The normalized spacial score (nSPS) is 12.7. The molecule has 4 nitrogen and oxygen atoms in total. The molecule has 0 aliphatic heterocycles. The van der Waals surface area contributed by atoms with Crippen molar-refractivity contribution in [2.24, 2.45) is 11.3 Å². The van der Waals surface area contributed by atoms with E-state index in [1.54, 1.807) is 0 Å². The molecule has 0 fully saturated rings. The summed E-state index contributed by atoms with van der Waals surface area (Å²) in [5.74, 6) is -0.771. The van der Waals surface area contributed by atoms with Gasteiger partial charge >= 0.3 is 5.97 Å². The molecule has 0 saturated carbocycles. The fraction of sp³-hybridized carbons (Fsp3) is 0.727.